The number of carbonyl (C=O) groups excluding carboxylic acids is 2. The zero-order valence-corrected chi connectivity index (χ0v) is 17.2. The quantitative estimate of drug-likeness (QED) is 0.726. The maximum absolute atomic E-state index is 16.9. The number of hydrogen-bond donors (Lipinski definition) is 1. The SMILES string of the molecule is CCC(=O)O[C@@H]1[C@@H](C)C[C@H]2[C@@H]3CCC4=CC(=O)C=C[C@]4(C)[C@@]3(F)[C@@H](O)C[C@]12C. The van der Waals surface area contributed by atoms with Crippen molar-refractivity contribution < 1.29 is 23.8 Å². The summed E-state index contributed by atoms with van der Waals surface area (Å²) in [7, 11) is 0. The summed E-state index contributed by atoms with van der Waals surface area (Å²) in [5.41, 5.74) is -2.43. The Morgan fingerprint density at radius 2 is 2.07 bits per heavy atom. The normalized spacial score (nSPS) is 49.7. The molecule has 5 heteroatoms. The molecule has 4 aliphatic carbocycles. The van der Waals surface area contributed by atoms with Crippen LogP contribution in [0.5, 0.6) is 0 Å². The molecule has 4 rings (SSSR count). The summed E-state index contributed by atoms with van der Waals surface area (Å²) in [6.45, 7) is 7.73. The van der Waals surface area contributed by atoms with Crippen LogP contribution in [0.15, 0.2) is 23.8 Å². The van der Waals surface area contributed by atoms with E-state index in [9.17, 15) is 14.7 Å². The van der Waals surface area contributed by atoms with Crippen molar-refractivity contribution in [2.75, 3.05) is 0 Å². The van der Waals surface area contributed by atoms with Gasteiger partial charge in [-0.3, -0.25) is 9.59 Å². The predicted octanol–water partition coefficient (Wildman–Crippen LogP) is 3.93. The third-order valence-corrected chi connectivity index (χ3v) is 8.42. The number of rotatable bonds is 2. The highest BCUT2D eigenvalue weighted by Crippen LogP contribution is 2.68. The lowest BCUT2D eigenvalue weighted by Crippen LogP contribution is -2.67. The summed E-state index contributed by atoms with van der Waals surface area (Å²) in [6.07, 6.45) is 5.85. The van der Waals surface area contributed by atoms with Gasteiger partial charge in [0.1, 0.15) is 6.10 Å². The van der Waals surface area contributed by atoms with Crippen LogP contribution < -0.4 is 0 Å². The standard InChI is InChI=1S/C23H31FO4/c1-5-19(27)28-20-13(2)10-17-16-7-6-14-11-15(25)8-9-22(14,4)23(16,24)18(26)12-21(17,20)3/h8-9,11,13,16-18,20,26H,5-7,10,12H2,1-4H3/t13-,16-,17-,18-,20+,21-,22-,23-/m0/s1. The molecule has 0 aromatic heterocycles. The highest BCUT2D eigenvalue weighted by atomic mass is 19.1. The number of carbonyl (C=O) groups is 2. The molecule has 8 atom stereocenters. The largest absolute Gasteiger partial charge is 0.461 e. The second kappa shape index (κ2) is 6.25. The minimum Gasteiger partial charge on any atom is -0.461 e. The smallest absolute Gasteiger partial charge is 0.305 e. The number of halogens is 1. The molecule has 0 aliphatic heterocycles. The Balaban J connectivity index is 1.75. The van der Waals surface area contributed by atoms with E-state index in [2.05, 4.69) is 13.8 Å². The molecule has 0 heterocycles. The fraction of sp³-hybridized carbons (Fsp3) is 0.739. The monoisotopic (exact) mass is 390 g/mol. The first-order chi connectivity index (χ1) is 13.1. The number of allylic oxidation sites excluding steroid dienone is 4. The molecule has 0 aromatic rings. The Bertz CT molecular complexity index is 773. The van der Waals surface area contributed by atoms with Crippen LogP contribution in [0.2, 0.25) is 0 Å². The van der Waals surface area contributed by atoms with Crippen LogP contribution in [0.1, 0.15) is 59.8 Å². The highest BCUT2D eigenvalue weighted by molar-refractivity contribution is 6.01. The molecule has 154 valence electrons. The molecule has 4 nitrogen and oxygen atoms in total. The Kier molecular flexibility index (Phi) is 4.42. The summed E-state index contributed by atoms with van der Waals surface area (Å²) < 4.78 is 22.7. The van der Waals surface area contributed by atoms with Gasteiger partial charge in [-0.15, -0.1) is 0 Å². The molecule has 0 aromatic carbocycles. The van der Waals surface area contributed by atoms with Crippen molar-refractivity contribution in [2.24, 2.45) is 28.6 Å². The summed E-state index contributed by atoms with van der Waals surface area (Å²) in [5, 5.41) is 11.2. The van der Waals surface area contributed by atoms with Crippen molar-refractivity contribution in [2.45, 2.75) is 77.7 Å². The molecule has 0 radical (unpaired) electrons. The molecule has 4 aliphatic rings. The molecule has 3 saturated carbocycles. The predicted molar refractivity (Wildman–Crippen MR) is 103 cm³/mol. The van der Waals surface area contributed by atoms with Gasteiger partial charge in [0.05, 0.1) is 6.10 Å². The third-order valence-electron chi connectivity index (χ3n) is 8.42. The summed E-state index contributed by atoms with van der Waals surface area (Å²) in [6, 6.07) is 0. The van der Waals surface area contributed by atoms with E-state index in [1.165, 1.54) is 6.08 Å². The number of alkyl halides is 1. The Morgan fingerprint density at radius 3 is 2.75 bits per heavy atom. The summed E-state index contributed by atoms with van der Waals surface area (Å²) in [4.78, 5) is 23.9. The van der Waals surface area contributed by atoms with E-state index in [1.807, 2.05) is 6.92 Å². The summed E-state index contributed by atoms with van der Waals surface area (Å²) >= 11 is 0. The molecule has 0 bridgehead atoms. The number of hydrogen-bond acceptors (Lipinski definition) is 4. The lowest BCUT2D eigenvalue weighted by molar-refractivity contribution is -0.207. The van der Waals surface area contributed by atoms with Crippen molar-refractivity contribution in [3.8, 4) is 0 Å². The maximum Gasteiger partial charge on any atom is 0.305 e. The fourth-order valence-corrected chi connectivity index (χ4v) is 7.01. The maximum atomic E-state index is 16.9. The van der Waals surface area contributed by atoms with E-state index in [1.54, 1.807) is 19.1 Å². The van der Waals surface area contributed by atoms with Gasteiger partial charge in [0.15, 0.2) is 11.5 Å². The average Bonchev–Trinajstić information content (AvgIpc) is 2.88. The van der Waals surface area contributed by atoms with Gasteiger partial charge in [-0.1, -0.05) is 32.4 Å². The van der Waals surface area contributed by atoms with Gasteiger partial charge >= 0.3 is 5.97 Å². The average molecular weight is 390 g/mol. The third kappa shape index (κ3) is 2.38. The first-order valence-electron chi connectivity index (χ1n) is 10.6. The molecule has 3 fully saturated rings. The first kappa shape index (κ1) is 19.8. The van der Waals surface area contributed by atoms with Crippen molar-refractivity contribution in [3.63, 3.8) is 0 Å². The van der Waals surface area contributed by atoms with Gasteiger partial charge in [0.25, 0.3) is 0 Å². The lowest BCUT2D eigenvalue weighted by atomic mass is 9.46. The molecule has 0 amide bonds. The van der Waals surface area contributed by atoms with Gasteiger partial charge in [0, 0.05) is 23.2 Å². The molecule has 0 spiro atoms. The fourth-order valence-electron chi connectivity index (χ4n) is 7.01. The number of aliphatic hydroxyl groups excluding tert-OH is 1. The van der Waals surface area contributed by atoms with Crippen molar-refractivity contribution in [3.05, 3.63) is 23.8 Å². The van der Waals surface area contributed by atoms with Crippen LogP contribution >= 0.6 is 0 Å². The van der Waals surface area contributed by atoms with E-state index >= 15 is 4.39 Å². The highest BCUT2D eigenvalue weighted by Gasteiger charge is 2.71. The van der Waals surface area contributed by atoms with Crippen LogP contribution in [0, 0.1) is 28.6 Å². The van der Waals surface area contributed by atoms with E-state index in [0.29, 0.717) is 19.3 Å². The van der Waals surface area contributed by atoms with Gasteiger partial charge in [-0.2, -0.15) is 0 Å². The van der Waals surface area contributed by atoms with Crippen LogP contribution in [0.25, 0.3) is 0 Å². The zero-order valence-electron chi connectivity index (χ0n) is 17.2. The van der Waals surface area contributed by atoms with Gasteiger partial charge < -0.3 is 9.84 Å². The molecule has 0 unspecified atom stereocenters. The van der Waals surface area contributed by atoms with E-state index in [0.717, 1.165) is 12.0 Å². The van der Waals surface area contributed by atoms with Crippen LogP contribution in [-0.4, -0.2) is 34.7 Å². The minimum absolute atomic E-state index is 0.0370. The van der Waals surface area contributed by atoms with Crippen molar-refractivity contribution in [1.29, 1.82) is 0 Å². The molecular weight excluding hydrogens is 359 g/mol. The number of aliphatic hydroxyl groups is 1. The van der Waals surface area contributed by atoms with E-state index < -0.39 is 22.6 Å². The lowest BCUT2D eigenvalue weighted by Gasteiger charge is -2.61. The first-order valence-corrected chi connectivity index (χ1v) is 10.6. The minimum atomic E-state index is -1.82. The zero-order chi connectivity index (χ0) is 20.5. The Labute approximate surface area is 166 Å². The topological polar surface area (TPSA) is 63.6 Å². The van der Waals surface area contributed by atoms with Crippen molar-refractivity contribution >= 4 is 11.8 Å². The van der Waals surface area contributed by atoms with Gasteiger partial charge in [-0.05, 0) is 56.6 Å². The number of ether oxygens (including phenoxy) is 1. The van der Waals surface area contributed by atoms with Crippen molar-refractivity contribution in [1.82, 2.24) is 0 Å². The molecular formula is C23H31FO4. The van der Waals surface area contributed by atoms with Crippen LogP contribution in [-0.2, 0) is 14.3 Å². The second-order valence-electron chi connectivity index (χ2n) is 9.83. The molecule has 1 N–H and O–H groups in total. The van der Waals surface area contributed by atoms with Crippen LogP contribution in [0.3, 0.4) is 0 Å². The second-order valence-corrected chi connectivity index (χ2v) is 9.83. The van der Waals surface area contributed by atoms with Gasteiger partial charge in [-0.25, -0.2) is 4.39 Å². The molecule has 28 heavy (non-hydrogen) atoms. The summed E-state index contributed by atoms with van der Waals surface area (Å²) in [5.74, 6) is -0.497. The van der Waals surface area contributed by atoms with E-state index in [-0.39, 0.29) is 42.0 Å². The molecule has 0 saturated heterocycles. The Hall–Kier alpha value is -1.49. The Morgan fingerprint density at radius 1 is 1.36 bits per heavy atom. The number of fused-ring (bicyclic) bond motifs is 5. The van der Waals surface area contributed by atoms with Crippen LogP contribution in [0.4, 0.5) is 4.39 Å². The van der Waals surface area contributed by atoms with E-state index in [4.69, 9.17) is 4.74 Å². The van der Waals surface area contributed by atoms with Gasteiger partial charge in [0.2, 0.25) is 0 Å². The number of esters is 1. The number of ketones is 1.